The number of carboxylic acid groups (broad SMARTS) is 1. The Morgan fingerprint density at radius 1 is 1.28 bits per heavy atom. The highest BCUT2D eigenvalue weighted by Crippen LogP contribution is 2.35. The number of amides is 1. The zero-order valence-corrected chi connectivity index (χ0v) is 15.6. The minimum atomic E-state index is -0.961. The third-order valence-corrected chi connectivity index (χ3v) is 5.16. The van der Waals surface area contributed by atoms with Gasteiger partial charge in [-0.25, -0.2) is 4.98 Å². The van der Waals surface area contributed by atoms with Gasteiger partial charge in [-0.1, -0.05) is 0 Å². The van der Waals surface area contributed by atoms with Crippen molar-refractivity contribution < 1.29 is 24.2 Å². The molecule has 0 radical (unpaired) electrons. The Morgan fingerprint density at radius 3 is 2.52 bits per heavy atom. The van der Waals surface area contributed by atoms with E-state index in [0.29, 0.717) is 32.4 Å². The number of fused-ring (bicyclic) bond motifs is 1. The summed E-state index contributed by atoms with van der Waals surface area (Å²) in [7, 11) is 3.05. The molecule has 9 heteroatoms. The molecule has 2 rings (SSSR count). The monoisotopic (exact) mass is 367 g/mol. The van der Waals surface area contributed by atoms with Gasteiger partial charge in [-0.05, 0) is 26.3 Å². The maximum atomic E-state index is 12.6. The largest absolute Gasteiger partial charge is 0.481 e. The van der Waals surface area contributed by atoms with E-state index in [-0.39, 0.29) is 12.5 Å². The molecular formula is C16H21N3O5S. The van der Waals surface area contributed by atoms with Crippen LogP contribution in [0.15, 0.2) is 0 Å². The van der Waals surface area contributed by atoms with Gasteiger partial charge in [-0.15, -0.1) is 11.3 Å². The normalized spacial score (nSPS) is 13.5. The second-order valence-electron chi connectivity index (χ2n) is 5.71. The Kier molecular flexibility index (Phi) is 5.91. The fraction of sp³-hybridized carbons (Fsp3) is 0.500. The molecule has 0 aliphatic carbocycles. The van der Waals surface area contributed by atoms with E-state index in [9.17, 15) is 9.59 Å². The number of nitrogens with one attached hydrogen (secondary N) is 1. The number of ether oxygens (including phenoxy) is 2. The highest BCUT2D eigenvalue weighted by molar-refractivity contribution is 7.20. The summed E-state index contributed by atoms with van der Waals surface area (Å²) >= 11 is 1.22. The summed E-state index contributed by atoms with van der Waals surface area (Å²) in [6.45, 7) is 5.24. The Labute approximate surface area is 149 Å². The van der Waals surface area contributed by atoms with Crippen LogP contribution in [0.5, 0.6) is 5.88 Å². The number of hydrogen-bond acceptors (Lipinski definition) is 7. The fourth-order valence-electron chi connectivity index (χ4n) is 2.31. The first-order chi connectivity index (χ1) is 11.8. The molecular weight excluding hydrogens is 346 g/mol. The molecule has 0 bridgehead atoms. The molecule has 2 N–H and O–H groups in total. The van der Waals surface area contributed by atoms with Gasteiger partial charge in [0.1, 0.15) is 11.4 Å². The quantitative estimate of drug-likeness (QED) is 0.770. The minimum Gasteiger partial charge on any atom is -0.481 e. The first-order valence-corrected chi connectivity index (χ1v) is 8.48. The van der Waals surface area contributed by atoms with Gasteiger partial charge >= 0.3 is 5.97 Å². The summed E-state index contributed by atoms with van der Waals surface area (Å²) in [5, 5.41) is 12.5. The van der Waals surface area contributed by atoms with Crippen LogP contribution in [0.3, 0.4) is 0 Å². The van der Waals surface area contributed by atoms with Crippen molar-refractivity contribution in [2.45, 2.75) is 33.4 Å². The van der Waals surface area contributed by atoms with E-state index < -0.39 is 17.9 Å². The van der Waals surface area contributed by atoms with Crippen molar-refractivity contribution in [3.05, 3.63) is 16.3 Å². The van der Waals surface area contributed by atoms with E-state index in [1.165, 1.54) is 18.4 Å². The van der Waals surface area contributed by atoms with Gasteiger partial charge in [-0.3, -0.25) is 9.59 Å². The molecule has 0 saturated heterocycles. The number of aliphatic carboxylic acids is 1. The topological polar surface area (TPSA) is 111 Å². The van der Waals surface area contributed by atoms with E-state index in [1.54, 1.807) is 27.9 Å². The van der Waals surface area contributed by atoms with Crippen molar-refractivity contribution in [2.24, 2.45) is 5.92 Å². The smallest absolute Gasteiger partial charge is 0.308 e. The second kappa shape index (κ2) is 7.75. The van der Waals surface area contributed by atoms with Crippen molar-refractivity contribution in [1.82, 2.24) is 15.3 Å². The SMILES string of the molecule is COCc1nc(OC)c2c(C)c(C(=O)NC(C)C(C)C(=O)O)sc2n1. The number of aromatic nitrogens is 2. The number of carboxylic acids is 1. The number of aryl methyl sites for hydroxylation is 1. The summed E-state index contributed by atoms with van der Waals surface area (Å²) in [4.78, 5) is 33.4. The number of nitrogens with zero attached hydrogens (tertiary/aromatic N) is 2. The zero-order valence-electron chi connectivity index (χ0n) is 14.7. The van der Waals surface area contributed by atoms with Crippen molar-refractivity contribution >= 4 is 33.4 Å². The molecule has 136 valence electrons. The van der Waals surface area contributed by atoms with Crippen LogP contribution in [0.25, 0.3) is 10.2 Å². The van der Waals surface area contributed by atoms with Gasteiger partial charge in [0.25, 0.3) is 5.91 Å². The Balaban J connectivity index is 2.40. The first-order valence-electron chi connectivity index (χ1n) is 7.66. The summed E-state index contributed by atoms with van der Waals surface area (Å²) < 4.78 is 10.4. The number of hydrogen-bond donors (Lipinski definition) is 2. The van der Waals surface area contributed by atoms with Gasteiger partial charge in [0.15, 0.2) is 5.82 Å². The number of carbonyl (C=O) groups is 2. The van der Waals surface area contributed by atoms with Crippen molar-refractivity contribution in [3.63, 3.8) is 0 Å². The molecule has 0 aromatic carbocycles. The zero-order chi connectivity index (χ0) is 18.7. The predicted molar refractivity (Wildman–Crippen MR) is 93.1 cm³/mol. The maximum Gasteiger partial charge on any atom is 0.308 e. The lowest BCUT2D eigenvalue weighted by atomic mass is 10.0. The van der Waals surface area contributed by atoms with E-state index >= 15 is 0 Å². The summed E-state index contributed by atoms with van der Waals surface area (Å²) in [5.74, 6) is -1.14. The lowest BCUT2D eigenvalue weighted by molar-refractivity contribution is -0.141. The highest BCUT2D eigenvalue weighted by atomic mass is 32.1. The van der Waals surface area contributed by atoms with Gasteiger partial charge < -0.3 is 19.9 Å². The average molecular weight is 367 g/mol. The number of methoxy groups -OCH3 is 2. The van der Waals surface area contributed by atoms with Crippen LogP contribution in [-0.2, 0) is 16.1 Å². The van der Waals surface area contributed by atoms with E-state index in [1.807, 2.05) is 0 Å². The lowest BCUT2D eigenvalue weighted by Crippen LogP contribution is -2.39. The van der Waals surface area contributed by atoms with Gasteiger partial charge in [0.05, 0.1) is 23.3 Å². The molecule has 0 aliphatic heterocycles. The summed E-state index contributed by atoms with van der Waals surface area (Å²) in [6, 6.07) is -0.508. The molecule has 8 nitrogen and oxygen atoms in total. The molecule has 25 heavy (non-hydrogen) atoms. The molecule has 2 atom stereocenters. The number of carbonyl (C=O) groups excluding carboxylic acids is 1. The highest BCUT2D eigenvalue weighted by Gasteiger charge is 2.25. The molecule has 0 fully saturated rings. The van der Waals surface area contributed by atoms with Gasteiger partial charge in [-0.2, -0.15) is 4.98 Å². The first kappa shape index (κ1) is 19.1. The maximum absolute atomic E-state index is 12.6. The lowest BCUT2D eigenvalue weighted by Gasteiger charge is -2.17. The molecule has 0 spiro atoms. The summed E-state index contributed by atoms with van der Waals surface area (Å²) in [5.41, 5.74) is 0.702. The molecule has 2 aromatic heterocycles. The van der Waals surface area contributed by atoms with Crippen molar-refractivity contribution in [3.8, 4) is 5.88 Å². The Bertz CT molecular complexity index is 805. The van der Waals surface area contributed by atoms with Crippen LogP contribution in [0, 0.1) is 12.8 Å². The van der Waals surface area contributed by atoms with Crippen LogP contribution >= 0.6 is 11.3 Å². The van der Waals surface area contributed by atoms with Crippen LogP contribution < -0.4 is 10.1 Å². The van der Waals surface area contributed by atoms with E-state index in [4.69, 9.17) is 14.6 Å². The molecule has 2 heterocycles. The van der Waals surface area contributed by atoms with E-state index in [0.717, 1.165) is 0 Å². The van der Waals surface area contributed by atoms with Crippen molar-refractivity contribution in [1.29, 1.82) is 0 Å². The van der Waals surface area contributed by atoms with Crippen molar-refractivity contribution in [2.75, 3.05) is 14.2 Å². The fourth-order valence-corrected chi connectivity index (χ4v) is 3.41. The predicted octanol–water partition coefficient (Wildman–Crippen LogP) is 1.99. The molecule has 0 aliphatic rings. The second-order valence-corrected chi connectivity index (χ2v) is 6.71. The van der Waals surface area contributed by atoms with E-state index in [2.05, 4.69) is 15.3 Å². The standard InChI is InChI=1S/C16H21N3O5S/c1-7(16(21)22)9(3)17-13(20)12-8(2)11-14(24-5)18-10(6-23-4)19-15(11)25-12/h7,9H,6H2,1-5H3,(H,17,20)(H,21,22). The average Bonchev–Trinajstić information content (AvgIpc) is 2.90. The van der Waals surface area contributed by atoms with Gasteiger partial charge in [0.2, 0.25) is 5.88 Å². The van der Waals surface area contributed by atoms with Crippen LogP contribution in [0.4, 0.5) is 0 Å². The van der Waals surface area contributed by atoms with Crippen LogP contribution in [0.1, 0.15) is 34.9 Å². The van der Waals surface area contributed by atoms with Crippen LogP contribution in [0.2, 0.25) is 0 Å². The third-order valence-electron chi connectivity index (χ3n) is 3.97. The number of thiophene rings is 1. The molecule has 0 saturated carbocycles. The Morgan fingerprint density at radius 2 is 1.96 bits per heavy atom. The van der Waals surface area contributed by atoms with Gasteiger partial charge in [0, 0.05) is 13.2 Å². The molecule has 1 amide bonds. The summed E-state index contributed by atoms with van der Waals surface area (Å²) in [6.07, 6.45) is 0. The minimum absolute atomic E-state index is 0.234. The van der Waals surface area contributed by atoms with Crippen LogP contribution in [-0.4, -0.2) is 47.2 Å². The molecule has 2 unspecified atom stereocenters. The molecule has 2 aromatic rings. The Hall–Kier alpha value is -2.26. The number of rotatable bonds is 7. The third kappa shape index (κ3) is 3.88.